The summed E-state index contributed by atoms with van der Waals surface area (Å²) in [7, 11) is 0. The summed E-state index contributed by atoms with van der Waals surface area (Å²) >= 11 is 0. The zero-order valence-corrected chi connectivity index (χ0v) is 8.11. The number of nitrogens with two attached hydrogens (primary N) is 3. The van der Waals surface area contributed by atoms with Crippen LogP contribution in [0.2, 0.25) is 0 Å². The number of amidine groups is 1. The Morgan fingerprint density at radius 2 is 1.79 bits per heavy atom. The molecule has 0 aromatic heterocycles. The molecule has 0 bridgehead atoms. The normalized spacial score (nSPS) is 11.7. The van der Waals surface area contributed by atoms with E-state index in [1.807, 2.05) is 24.3 Å². The molecule has 0 saturated carbocycles. The predicted molar refractivity (Wildman–Crippen MR) is 59.0 cm³/mol. The Labute approximate surface area is 83.8 Å². The van der Waals surface area contributed by atoms with E-state index in [0.717, 1.165) is 11.1 Å². The van der Waals surface area contributed by atoms with Crippen LogP contribution in [0.1, 0.15) is 11.1 Å². The third-order valence-electron chi connectivity index (χ3n) is 1.90. The van der Waals surface area contributed by atoms with Crippen molar-refractivity contribution in [3.63, 3.8) is 0 Å². The molecule has 4 nitrogen and oxygen atoms in total. The van der Waals surface area contributed by atoms with Crippen LogP contribution in [0.15, 0.2) is 29.3 Å². The van der Waals surface area contributed by atoms with Gasteiger partial charge in [0.2, 0.25) is 0 Å². The molecule has 0 heterocycles. The molecule has 1 rings (SSSR count). The first-order valence-electron chi connectivity index (χ1n) is 4.57. The van der Waals surface area contributed by atoms with Crippen LogP contribution >= 0.6 is 0 Å². The maximum absolute atomic E-state index is 5.74. The minimum absolute atomic E-state index is 0.515. The van der Waals surface area contributed by atoms with E-state index in [2.05, 4.69) is 4.99 Å². The van der Waals surface area contributed by atoms with E-state index in [1.54, 1.807) is 0 Å². The van der Waals surface area contributed by atoms with Crippen LogP contribution in [0.25, 0.3) is 0 Å². The molecule has 0 aliphatic rings. The molecule has 0 spiro atoms. The number of nitrogens with zero attached hydrogens (tertiary/aromatic N) is 1. The third-order valence-corrected chi connectivity index (χ3v) is 1.90. The average molecular weight is 192 g/mol. The highest BCUT2D eigenvalue weighted by Gasteiger charge is 1.97. The molecule has 1 aromatic carbocycles. The van der Waals surface area contributed by atoms with E-state index in [0.29, 0.717) is 25.5 Å². The Balaban J connectivity index is 2.76. The summed E-state index contributed by atoms with van der Waals surface area (Å²) in [6.45, 7) is 1.62. The Hall–Kier alpha value is -1.39. The third kappa shape index (κ3) is 2.83. The van der Waals surface area contributed by atoms with Gasteiger partial charge in [0, 0.05) is 18.7 Å². The second kappa shape index (κ2) is 5.36. The molecule has 14 heavy (non-hydrogen) atoms. The van der Waals surface area contributed by atoms with Crippen molar-refractivity contribution in [3.8, 4) is 0 Å². The van der Waals surface area contributed by atoms with Crippen LogP contribution < -0.4 is 17.2 Å². The van der Waals surface area contributed by atoms with Crippen LogP contribution in [-0.4, -0.2) is 18.9 Å². The van der Waals surface area contributed by atoms with E-state index >= 15 is 0 Å². The van der Waals surface area contributed by atoms with Crippen molar-refractivity contribution in [2.75, 3.05) is 13.1 Å². The van der Waals surface area contributed by atoms with Gasteiger partial charge in [-0.25, -0.2) is 0 Å². The quantitative estimate of drug-likeness (QED) is 0.456. The highest BCUT2D eigenvalue weighted by molar-refractivity contribution is 5.97. The molecule has 1 aromatic rings. The first kappa shape index (κ1) is 10.7. The fourth-order valence-corrected chi connectivity index (χ4v) is 1.09. The molecule has 0 radical (unpaired) electrons. The second-order valence-electron chi connectivity index (χ2n) is 2.96. The number of hydrogen-bond acceptors (Lipinski definition) is 3. The van der Waals surface area contributed by atoms with Crippen molar-refractivity contribution in [1.82, 2.24) is 0 Å². The van der Waals surface area contributed by atoms with Gasteiger partial charge >= 0.3 is 0 Å². The van der Waals surface area contributed by atoms with Crippen molar-refractivity contribution >= 4 is 5.84 Å². The zero-order valence-electron chi connectivity index (χ0n) is 8.11. The molecule has 4 heteroatoms. The number of benzene rings is 1. The van der Waals surface area contributed by atoms with Gasteiger partial charge in [0.25, 0.3) is 0 Å². The second-order valence-corrected chi connectivity index (χ2v) is 2.96. The van der Waals surface area contributed by atoms with Crippen molar-refractivity contribution in [2.24, 2.45) is 22.2 Å². The first-order chi connectivity index (χ1) is 6.77. The van der Waals surface area contributed by atoms with Gasteiger partial charge in [-0.2, -0.15) is 0 Å². The van der Waals surface area contributed by atoms with Crippen LogP contribution in [0.5, 0.6) is 0 Å². The lowest BCUT2D eigenvalue weighted by molar-refractivity contribution is 0.973. The summed E-state index contributed by atoms with van der Waals surface area (Å²) in [4.78, 5) is 4.11. The summed E-state index contributed by atoms with van der Waals surface area (Å²) in [5, 5.41) is 0. The van der Waals surface area contributed by atoms with Crippen molar-refractivity contribution in [2.45, 2.75) is 6.54 Å². The first-order valence-corrected chi connectivity index (χ1v) is 4.57. The standard InChI is InChI=1S/C10H16N4/c11-5-6-14-10(13)9-3-1-8(7-12)2-4-9/h1-4H,5-7,11-12H2,(H2,13,14). The molecule has 0 unspecified atom stereocenters. The number of rotatable bonds is 4. The molecule has 0 aliphatic carbocycles. The van der Waals surface area contributed by atoms with Crippen LogP contribution in [0.3, 0.4) is 0 Å². The monoisotopic (exact) mass is 192 g/mol. The van der Waals surface area contributed by atoms with Gasteiger partial charge in [-0.1, -0.05) is 24.3 Å². The van der Waals surface area contributed by atoms with Crippen molar-refractivity contribution in [3.05, 3.63) is 35.4 Å². The minimum atomic E-state index is 0.515. The van der Waals surface area contributed by atoms with E-state index in [1.165, 1.54) is 0 Å². The summed E-state index contributed by atoms with van der Waals surface area (Å²) in [6.07, 6.45) is 0. The minimum Gasteiger partial charge on any atom is -0.384 e. The molecule has 0 atom stereocenters. The van der Waals surface area contributed by atoms with Gasteiger partial charge < -0.3 is 17.2 Å². The highest BCUT2D eigenvalue weighted by Crippen LogP contribution is 2.03. The lowest BCUT2D eigenvalue weighted by Gasteiger charge is -2.02. The SMILES string of the molecule is NCCN=C(N)c1ccc(CN)cc1. The van der Waals surface area contributed by atoms with E-state index in [4.69, 9.17) is 17.2 Å². The Kier molecular flexibility index (Phi) is 4.10. The summed E-state index contributed by atoms with van der Waals surface area (Å²) in [6, 6.07) is 7.72. The van der Waals surface area contributed by atoms with Gasteiger partial charge in [-0.3, -0.25) is 4.99 Å². The van der Waals surface area contributed by atoms with Crippen LogP contribution in [0, 0.1) is 0 Å². The fourth-order valence-electron chi connectivity index (χ4n) is 1.09. The van der Waals surface area contributed by atoms with Gasteiger partial charge in [0.05, 0.1) is 6.54 Å². The van der Waals surface area contributed by atoms with E-state index in [9.17, 15) is 0 Å². The fraction of sp³-hybridized carbons (Fsp3) is 0.300. The molecule has 0 saturated heterocycles. The van der Waals surface area contributed by atoms with Crippen LogP contribution in [-0.2, 0) is 6.54 Å². The van der Waals surface area contributed by atoms with Gasteiger partial charge in [0.15, 0.2) is 0 Å². The van der Waals surface area contributed by atoms with Crippen LogP contribution in [0.4, 0.5) is 0 Å². The smallest absolute Gasteiger partial charge is 0.125 e. The number of aliphatic imine (C=N–C) groups is 1. The Morgan fingerprint density at radius 1 is 1.14 bits per heavy atom. The molecule has 0 amide bonds. The predicted octanol–water partition coefficient (Wildman–Crippen LogP) is -0.191. The highest BCUT2D eigenvalue weighted by atomic mass is 14.9. The summed E-state index contributed by atoms with van der Waals surface area (Å²) < 4.78 is 0. The van der Waals surface area contributed by atoms with Gasteiger partial charge in [-0.15, -0.1) is 0 Å². The van der Waals surface area contributed by atoms with Gasteiger partial charge in [0.1, 0.15) is 5.84 Å². The Morgan fingerprint density at radius 3 is 2.29 bits per heavy atom. The lowest BCUT2D eigenvalue weighted by Crippen LogP contribution is -2.16. The molecule has 76 valence electrons. The maximum atomic E-state index is 5.74. The van der Waals surface area contributed by atoms with E-state index < -0.39 is 0 Å². The number of hydrogen-bond donors (Lipinski definition) is 3. The summed E-state index contributed by atoms with van der Waals surface area (Å²) in [5.74, 6) is 0.527. The molecular weight excluding hydrogens is 176 g/mol. The molecule has 6 N–H and O–H groups in total. The van der Waals surface area contributed by atoms with Gasteiger partial charge in [-0.05, 0) is 5.56 Å². The van der Waals surface area contributed by atoms with Crippen molar-refractivity contribution < 1.29 is 0 Å². The van der Waals surface area contributed by atoms with Crippen molar-refractivity contribution in [1.29, 1.82) is 0 Å². The summed E-state index contributed by atoms with van der Waals surface area (Å²) in [5.41, 5.74) is 18.5. The maximum Gasteiger partial charge on any atom is 0.125 e. The largest absolute Gasteiger partial charge is 0.384 e. The molecule has 0 fully saturated rings. The zero-order chi connectivity index (χ0) is 10.4. The van der Waals surface area contributed by atoms with E-state index in [-0.39, 0.29) is 0 Å². The molecular formula is C10H16N4. The topological polar surface area (TPSA) is 90.4 Å². The Bertz CT molecular complexity index is 302. The molecule has 0 aliphatic heterocycles. The lowest BCUT2D eigenvalue weighted by atomic mass is 10.1. The average Bonchev–Trinajstić information content (AvgIpc) is 2.26.